The van der Waals surface area contributed by atoms with Gasteiger partial charge in [0.2, 0.25) is 0 Å². The highest BCUT2D eigenvalue weighted by Gasteiger charge is 2.06. The lowest BCUT2D eigenvalue weighted by Crippen LogP contribution is -2.14. The van der Waals surface area contributed by atoms with Gasteiger partial charge in [-0.25, -0.2) is 4.68 Å². The summed E-state index contributed by atoms with van der Waals surface area (Å²) in [5.41, 5.74) is 2.22. The van der Waals surface area contributed by atoms with Gasteiger partial charge in [-0.15, -0.1) is 0 Å². The predicted octanol–water partition coefficient (Wildman–Crippen LogP) is 3.24. The molecule has 5 heteroatoms. The van der Waals surface area contributed by atoms with Crippen molar-refractivity contribution >= 4 is 34.2 Å². The fourth-order valence-electron chi connectivity index (χ4n) is 1.61. The molecule has 1 heterocycles. The Morgan fingerprint density at radius 3 is 2.94 bits per heavy atom. The summed E-state index contributed by atoms with van der Waals surface area (Å²) in [6.45, 7) is 3.81. The molecule has 0 saturated carbocycles. The van der Waals surface area contributed by atoms with Crippen LogP contribution < -0.4 is 5.32 Å². The van der Waals surface area contributed by atoms with Gasteiger partial charge in [-0.3, -0.25) is 0 Å². The van der Waals surface area contributed by atoms with E-state index in [2.05, 4.69) is 39.9 Å². The zero-order valence-electron chi connectivity index (χ0n) is 9.45. The molecule has 0 aliphatic carbocycles. The second-order valence-corrected chi connectivity index (χ2v) is 5.34. The van der Waals surface area contributed by atoms with Gasteiger partial charge in [0.15, 0.2) is 0 Å². The van der Waals surface area contributed by atoms with Gasteiger partial charge in [-0.05, 0) is 52.9 Å². The summed E-state index contributed by atoms with van der Waals surface area (Å²) in [7, 11) is 0. The van der Waals surface area contributed by atoms with Crippen molar-refractivity contribution in [3.05, 3.63) is 44.7 Å². The van der Waals surface area contributed by atoms with Crippen molar-refractivity contribution < 1.29 is 0 Å². The van der Waals surface area contributed by atoms with E-state index in [1.165, 1.54) is 0 Å². The highest BCUT2D eigenvalue weighted by atomic mass is 127. The summed E-state index contributed by atoms with van der Waals surface area (Å²) in [6, 6.07) is 5.87. The molecule has 0 bridgehead atoms. The van der Waals surface area contributed by atoms with E-state index in [9.17, 15) is 0 Å². The molecule has 0 unspecified atom stereocenters. The molecule has 90 valence electrons. The molecule has 0 fully saturated rings. The lowest BCUT2D eigenvalue weighted by molar-refractivity contribution is 0.717. The fraction of sp³-hybridized carbons (Fsp3) is 0.250. The predicted molar refractivity (Wildman–Crippen MR) is 78.7 cm³/mol. The Bertz CT molecular complexity index is 510. The zero-order chi connectivity index (χ0) is 12.3. The van der Waals surface area contributed by atoms with Gasteiger partial charge >= 0.3 is 0 Å². The fourth-order valence-corrected chi connectivity index (χ4v) is 2.19. The minimum absolute atomic E-state index is 0.753. The molecule has 3 nitrogen and oxygen atoms in total. The number of rotatable bonds is 4. The lowest BCUT2D eigenvalue weighted by atomic mass is 10.2. The van der Waals surface area contributed by atoms with E-state index >= 15 is 0 Å². The smallest absolute Gasteiger partial charge is 0.0691 e. The highest BCUT2D eigenvalue weighted by molar-refractivity contribution is 14.1. The first-order valence-electron chi connectivity index (χ1n) is 5.40. The Labute approximate surface area is 119 Å². The molecule has 0 aliphatic rings. The van der Waals surface area contributed by atoms with Crippen molar-refractivity contribution in [3.63, 3.8) is 0 Å². The molecule has 0 spiro atoms. The summed E-state index contributed by atoms with van der Waals surface area (Å²) in [6.07, 6.45) is 3.84. The van der Waals surface area contributed by atoms with Crippen molar-refractivity contribution in [2.45, 2.75) is 13.5 Å². The maximum absolute atomic E-state index is 6.03. The van der Waals surface area contributed by atoms with Crippen LogP contribution in [-0.2, 0) is 6.54 Å². The van der Waals surface area contributed by atoms with Crippen molar-refractivity contribution in [2.24, 2.45) is 0 Å². The van der Waals surface area contributed by atoms with E-state index in [4.69, 9.17) is 11.6 Å². The van der Waals surface area contributed by atoms with E-state index in [-0.39, 0.29) is 0 Å². The summed E-state index contributed by atoms with van der Waals surface area (Å²) in [5.74, 6) is 0. The van der Waals surface area contributed by atoms with Crippen LogP contribution >= 0.6 is 34.2 Å². The van der Waals surface area contributed by atoms with Crippen LogP contribution in [0.25, 0.3) is 5.69 Å². The van der Waals surface area contributed by atoms with Crippen molar-refractivity contribution in [2.75, 3.05) is 6.54 Å². The molecule has 0 atom stereocenters. The Balaban J connectivity index is 2.38. The van der Waals surface area contributed by atoms with E-state index in [1.807, 2.05) is 35.3 Å². The Morgan fingerprint density at radius 1 is 1.47 bits per heavy atom. The maximum Gasteiger partial charge on any atom is 0.0691 e. The van der Waals surface area contributed by atoms with E-state index in [0.717, 1.165) is 32.9 Å². The number of hydrogen-bond donors (Lipinski definition) is 1. The molecule has 17 heavy (non-hydrogen) atoms. The Hall–Kier alpha value is -0.590. The van der Waals surface area contributed by atoms with Crippen LogP contribution in [0.15, 0.2) is 30.6 Å². The number of halogens is 2. The highest BCUT2D eigenvalue weighted by Crippen LogP contribution is 2.20. The molecule has 0 radical (unpaired) electrons. The number of nitrogens with zero attached hydrogens (tertiary/aromatic N) is 2. The maximum atomic E-state index is 6.03. The third-order valence-corrected chi connectivity index (χ3v) is 3.20. The van der Waals surface area contributed by atoms with Crippen LogP contribution in [0.5, 0.6) is 0 Å². The standard InChI is InChI=1S/C12H13ClIN3/c1-2-15-6-9-5-10(13)3-4-12(9)17-8-11(14)7-16-17/h3-5,7-8,15H,2,6H2,1H3. The largest absolute Gasteiger partial charge is 0.313 e. The normalized spacial score (nSPS) is 10.8. The molecule has 1 aromatic heterocycles. The van der Waals surface area contributed by atoms with Crippen LogP contribution in [0, 0.1) is 3.57 Å². The van der Waals surface area contributed by atoms with Gasteiger partial charge in [-0.1, -0.05) is 18.5 Å². The molecule has 1 N–H and O–H groups in total. The van der Waals surface area contributed by atoms with Crippen LogP contribution in [0.3, 0.4) is 0 Å². The van der Waals surface area contributed by atoms with Gasteiger partial charge in [-0.2, -0.15) is 5.10 Å². The van der Waals surface area contributed by atoms with Crippen molar-refractivity contribution in [1.29, 1.82) is 0 Å². The average Bonchev–Trinajstić information content (AvgIpc) is 2.73. The van der Waals surface area contributed by atoms with Crippen LogP contribution in [0.1, 0.15) is 12.5 Å². The SMILES string of the molecule is CCNCc1cc(Cl)ccc1-n1cc(I)cn1. The van der Waals surface area contributed by atoms with Gasteiger partial charge in [0, 0.05) is 17.8 Å². The monoisotopic (exact) mass is 361 g/mol. The molecule has 0 amide bonds. The van der Waals surface area contributed by atoms with Gasteiger partial charge in [0.25, 0.3) is 0 Å². The number of nitrogens with one attached hydrogen (secondary N) is 1. The topological polar surface area (TPSA) is 29.9 Å². The van der Waals surface area contributed by atoms with Gasteiger partial charge in [0.05, 0.1) is 15.5 Å². The van der Waals surface area contributed by atoms with Crippen molar-refractivity contribution in [1.82, 2.24) is 15.1 Å². The molecule has 1 aromatic carbocycles. The second-order valence-electron chi connectivity index (χ2n) is 3.66. The van der Waals surface area contributed by atoms with Crippen LogP contribution in [-0.4, -0.2) is 16.3 Å². The minimum atomic E-state index is 0.753. The van der Waals surface area contributed by atoms with E-state index in [1.54, 1.807) is 0 Å². The Morgan fingerprint density at radius 2 is 2.29 bits per heavy atom. The van der Waals surface area contributed by atoms with Gasteiger partial charge < -0.3 is 5.32 Å². The first-order chi connectivity index (χ1) is 8.20. The Kier molecular flexibility index (Phi) is 4.42. The molecular weight excluding hydrogens is 349 g/mol. The summed E-state index contributed by atoms with van der Waals surface area (Å²) >= 11 is 8.28. The third kappa shape index (κ3) is 3.20. The third-order valence-electron chi connectivity index (χ3n) is 2.40. The first-order valence-corrected chi connectivity index (χ1v) is 6.86. The van der Waals surface area contributed by atoms with E-state index < -0.39 is 0 Å². The molecule has 0 saturated heterocycles. The molecule has 2 aromatic rings. The minimum Gasteiger partial charge on any atom is -0.313 e. The lowest BCUT2D eigenvalue weighted by Gasteiger charge is -2.10. The van der Waals surface area contributed by atoms with Crippen LogP contribution in [0.4, 0.5) is 0 Å². The zero-order valence-corrected chi connectivity index (χ0v) is 12.4. The summed E-state index contributed by atoms with van der Waals surface area (Å²) < 4.78 is 3.00. The van der Waals surface area contributed by atoms with Crippen molar-refractivity contribution in [3.8, 4) is 5.69 Å². The number of aromatic nitrogens is 2. The molecule has 0 aliphatic heterocycles. The average molecular weight is 362 g/mol. The number of benzene rings is 1. The second kappa shape index (κ2) is 5.84. The number of hydrogen-bond acceptors (Lipinski definition) is 2. The molecular formula is C12H13ClIN3. The molecule has 2 rings (SSSR count). The summed E-state index contributed by atoms with van der Waals surface area (Å²) in [5, 5.41) is 8.38. The quantitative estimate of drug-likeness (QED) is 0.847. The van der Waals surface area contributed by atoms with E-state index in [0.29, 0.717) is 0 Å². The van der Waals surface area contributed by atoms with Crippen LogP contribution in [0.2, 0.25) is 5.02 Å². The first kappa shape index (κ1) is 12.9. The van der Waals surface area contributed by atoms with Gasteiger partial charge in [0.1, 0.15) is 0 Å². The summed E-state index contributed by atoms with van der Waals surface area (Å²) in [4.78, 5) is 0.